The summed E-state index contributed by atoms with van der Waals surface area (Å²) in [5, 5.41) is 3.52. The van der Waals surface area contributed by atoms with E-state index in [1.807, 2.05) is 0 Å². The van der Waals surface area contributed by atoms with Crippen molar-refractivity contribution in [2.45, 2.75) is 41.0 Å². The minimum atomic E-state index is 0.422. The first-order valence-corrected chi connectivity index (χ1v) is 7.56. The average molecular weight is 312 g/mol. The Hall–Kier alpha value is -0.500. The van der Waals surface area contributed by atoms with Crippen molar-refractivity contribution in [3.05, 3.63) is 28.7 Å². The molecule has 0 bridgehead atoms. The van der Waals surface area contributed by atoms with Crippen molar-refractivity contribution in [3.8, 4) is 0 Å². The fraction of sp³-hybridized carbons (Fsp3) is 0.625. The van der Waals surface area contributed by atoms with E-state index in [0.717, 1.165) is 16.9 Å². The van der Waals surface area contributed by atoms with E-state index in [2.05, 4.69) is 80.1 Å². The summed E-state index contributed by atoms with van der Waals surface area (Å²) in [6.45, 7) is 12.7. The number of rotatable bonds is 5. The lowest BCUT2D eigenvalue weighted by molar-refractivity contribution is 0.255. The van der Waals surface area contributed by atoms with E-state index in [1.54, 1.807) is 0 Å². The quantitative estimate of drug-likeness (QED) is 0.749. The summed E-state index contributed by atoms with van der Waals surface area (Å²) >= 11 is 3.45. The maximum Gasteiger partial charge on any atom is 0.0341 e. The highest BCUT2D eigenvalue weighted by atomic mass is 79.9. The van der Waals surface area contributed by atoms with Crippen molar-refractivity contribution >= 4 is 21.6 Å². The lowest BCUT2D eigenvalue weighted by Gasteiger charge is -2.28. The van der Waals surface area contributed by atoms with E-state index >= 15 is 0 Å². The van der Waals surface area contributed by atoms with Crippen molar-refractivity contribution in [3.63, 3.8) is 0 Å². The summed E-state index contributed by atoms with van der Waals surface area (Å²) < 4.78 is 1.13. The topological polar surface area (TPSA) is 12.0 Å². The molecule has 0 amide bonds. The van der Waals surface area contributed by atoms with Crippen LogP contribution >= 0.6 is 15.9 Å². The number of anilines is 1. The van der Waals surface area contributed by atoms with Crippen LogP contribution in [-0.4, -0.2) is 6.54 Å². The van der Waals surface area contributed by atoms with Gasteiger partial charge >= 0.3 is 0 Å². The predicted octanol–water partition coefficient (Wildman–Crippen LogP) is 5.57. The van der Waals surface area contributed by atoms with Crippen molar-refractivity contribution in [1.82, 2.24) is 0 Å². The van der Waals surface area contributed by atoms with Crippen LogP contribution in [-0.2, 0) is 0 Å². The average Bonchev–Trinajstić information content (AvgIpc) is 2.25. The van der Waals surface area contributed by atoms with Gasteiger partial charge in [-0.25, -0.2) is 0 Å². The van der Waals surface area contributed by atoms with E-state index in [4.69, 9.17) is 0 Å². The van der Waals surface area contributed by atoms with Crippen molar-refractivity contribution < 1.29 is 0 Å². The van der Waals surface area contributed by atoms with E-state index in [9.17, 15) is 0 Å². The van der Waals surface area contributed by atoms with Crippen LogP contribution in [0.5, 0.6) is 0 Å². The second-order valence-electron chi connectivity index (χ2n) is 6.61. The van der Waals surface area contributed by atoms with Gasteiger partial charge in [-0.05, 0) is 47.9 Å². The van der Waals surface area contributed by atoms with Gasteiger partial charge in [0.1, 0.15) is 0 Å². The molecule has 0 saturated carbocycles. The maximum absolute atomic E-state index is 3.52. The molecule has 0 aliphatic rings. The zero-order chi connectivity index (χ0) is 13.8. The molecule has 1 rings (SSSR count). The minimum Gasteiger partial charge on any atom is -0.385 e. The van der Waals surface area contributed by atoms with Crippen LogP contribution in [0, 0.1) is 17.3 Å². The Labute approximate surface area is 120 Å². The van der Waals surface area contributed by atoms with Crippen molar-refractivity contribution in [2.75, 3.05) is 11.9 Å². The summed E-state index contributed by atoms with van der Waals surface area (Å²) in [5.41, 5.74) is 1.62. The van der Waals surface area contributed by atoms with E-state index in [0.29, 0.717) is 11.3 Å². The molecule has 0 spiro atoms. The second kappa shape index (κ2) is 6.60. The van der Waals surface area contributed by atoms with Gasteiger partial charge in [0.15, 0.2) is 0 Å². The highest BCUT2D eigenvalue weighted by Gasteiger charge is 2.19. The Morgan fingerprint density at radius 1 is 1.06 bits per heavy atom. The number of hydrogen-bond acceptors (Lipinski definition) is 1. The Morgan fingerprint density at radius 3 is 2.11 bits per heavy atom. The lowest BCUT2D eigenvalue weighted by Crippen LogP contribution is -2.22. The monoisotopic (exact) mass is 311 g/mol. The molecular weight excluding hydrogens is 286 g/mol. The van der Waals surface area contributed by atoms with Crippen molar-refractivity contribution in [2.24, 2.45) is 17.3 Å². The van der Waals surface area contributed by atoms with Crippen molar-refractivity contribution in [1.29, 1.82) is 0 Å². The van der Waals surface area contributed by atoms with Gasteiger partial charge in [-0.2, -0.15) is 0 Å². The molecular formula is C16H26BrN. The number of nitrogens with one attached hydrogen (secondary N) is 1. The molecule has 0 heterocycles. The van der Waals surface area contributed by atoms with Crippen LogP contribution in [0.2, 0.25) is 0 Å². The molecule has 1 nitrogen and oxygen atoms in total. The standard InChI is InChI=1S/C16H26BrN/c1-12(10-16(3,4)5)13(2)11-18-15-8-6-14(17)7-9-15/h6-9,12-13,18H,10-11H2,1-5H3. The fourth-order valence-electron chi connectivity index (χ4n) is 2.21. The SMILES string of the molecule is CC(CNc1ccc(Br)cc1)C(C)CC(C)(C)C. The van der Waals surface area contributed by atoms with Gasteiger partial charge in [-0.1, -0.05) is 50.5 Å². The molecule has 0 aliphatic carbocycles. The highest BCUT2D eigenvalue weighted by Crippen LogP contribution is 2.28. The van der Waals surface area contributed by atoms with E-state index < -0.39 is 0 Å². The summed E-state index contributed by atoms with van der Waals surface area (Å²) in [7, 11) is 0. The largest absolute Gasteiger partial charge is 0.385 e. The molecule has 1 aromatic rings. The zero-order valence-corrected chi connectivity index (χ0v) is 13.8. The van der Waals surface area contributed by atoms with Crippen LogP contribution in [0.3, 0.4) is 0 Å². The molecule has 2 unspecified atom stereocenters. The Morgan fingerprint density at radius 2 is 1.61 bits per heavy atom. The molecule has 0 aliphatic heterocycles. The number of hydrogen-bond donors (Lipinski definition) is 1. The summed E-state index contributed by atoms with van der Waals surface area (Å²) in [6, 6.07) is 8.38. The van der Waals surface area contributed by atoms with Gasteiger partial charge in [0.05, 0.1) is 0 Å². The molecule has 2 atom stereocenters. The number of halogens is 1. The van der Waals surface area contributed by atoms with Crippen LogP contribution in [0.1, 0.15) is 41.0 Å². The molecule has 0 fully saturated rings. The van der Waals surface area contributed by atoms with Crippen LogP contribution in [0.4, 0.5) is 5.69 Å². The molecule has 0 saturated heterocycles. The van der Waals surface area contributed by atoms with Gasteiger partial charge in [-0.3, -0.25) is 0 Å². The Bertz CT molecular complexity index is 350. The van der Waals surface area contributed by atoms with Gasteiger partial charge in [0.2, 0.25) is 0 Å². The molecule has 2 heteroatoms. The second-order valence-corrected chi connectivity index (χ2v) is 7.52. The van der Waals surface area contributed by atoms with Gasteiger partial charge in [0, 0.05) is 16.7 Å². The van der Waals surface area contributed by atoms with Gasteiger partial charge in [0.25, 0.3) is 0 Å². The smallest absolute Gasteiger partial charge is 0.0341 e. The van der Waals surface area contributed by atoms with Gasteiger partial charge < -0.3 is 5.32 Å². The molecule has 1 N–H and O–H groups in total. The minimum absolute atomic E-state index is 0.422. The Balaban J connectivity index is 2.41. The van der Waals surface area contributed by atoms with E-state index in [-0.39, 0.29) is 0 Å². The third kappa shape index (κ3) is 5.90. The first-order chi connectivity index (χ1) is 8.28. The van der Waals surface area contributed by atoms with E-state index in [1.165, 1.54) is 12.1 Å². The maximum atomic E-state index is 3.52. The molecule has 1 aromatic carbocycles. The Kier molecular flexibility index (Phi) is 5.71. The van der Waals surface area contributed by atoms with Crippen LogP contribution < -0.4 is 5.32 Å². The third-order valence-electron chi connectivity index (χ3n) is 3.38. The molecule has 102 valence electrons. The summed E-state index contributed by atoms with van der Waals surface area (Å²) in [4.78, 5) is 0. The third-order valence-corrected chi connectivity index (χ3v) is 3.91. The zero-order valence-electron chi connectivity index (χ0n) is 12.3. The van der Waals surface area contributed by atoms with Gasteiger partial charge in [-0.15, -0.1) is 0 Å². The molecule has 18 heavy (non-hydrogen) atoms. The lowest BCUT2D eigenvalue weighted by atomic mass is 9.80. The van der Waals surface area contributed by atoms with Crippen LogP contribution in [0.15, 0.2) is 28.7 Å². The predicted molar refractivity (Wildman–Crippen MR) is 85.0 cm³/mol. The first kappa shape index (κ1) is 15.6. The fourth-order valence-corrected chi connectivity index (χ4v) is 2.48. The normalized spacial score (nSPS) is 15.2. The highest BCUT2D eigenvalue weighted by molar-refractivity contribution is 9.10. The number of benzene rings is 1. The summed E-state index contributed by atoms with van der Waals surface area (Å²) in [6.07, 6.45) is 1.27. The molecule has 0 aromatic heterocycles. The molecule has 0 radical (unpaired) electrons. The van der Waals surface area contributed by atoms with Crippen LogP contribution in [0.25, 0.3) is 0 Å². The summed E-state index contributed by atoms with van der Waals surface area (Å²) in [5.74, 6) is 1.43. The first-order valence-electron chi connectivity index (χ1n) is 6.77.